The normalized spacial score (nSPS) is 17.0. The van der Waals surface area contributed by atoms with Crippen molar-refractivity contribution in [3.63, 3.8) is 0 Å². The summed E-state index contributed by atoms with van der Waals surface area (Å²) in [6.07, 6.45) is 4.09. The van der Waals surface area contributed by atoms with E-state index < -0.39 is 26.6 Å². The number of non-ortho nitro benzene ring substituents is 1. The van der Waals surface area contributed by atoms with Gasteiger partial charge in [-0.25, -0.2) is 18.2 Å². The maximum Gasteiger partial charge on any atom is 0.339 e. The summed E-state index contributed by atoms with van der Waals surface area (Å²) in [5, 5.41) is 11.8. The Hall–Kier alpha value is -3.20. The average Bonchev–Trinajstić information content (AvgIpc) is 3.27. The number of nitro groups is 1. The number of carbonyl (C=O) groups excluding carboxylic acids is 1. The molecule has 1 saturated heterocycles. The van der Waals surface area contributed by atoms with Crippen LogP contribution >= 0.6 is 11.3 Å². The first-order valence-electron chi connectivity index (χ1n) is 11.8. The number of sulfonamides is 1. The van der Waals surface area contributed by atoms with Gasteiger partial charge < -0.3 is 9.72 Å². The summed E-state index contributed by atoms with van der Waals surface area (Å²) >= 11 is 1.58. The van der Waals surface area contributed by atoms with Crippen LogP contribution in [0.1, 0.15) is 39.5 Å². The van der Waals surface area contributed by atoms with Crippen LogP contribution in [-0.2, 0) is 34.1 Å². The van der Waals surface area contributed by atoms with Gasteiger partial charge in [0.15, 0.2) is 0 Å². The smallest absolute Gasteiger partial charge is 0.339 e. The second-order valence-corrected chi connectivity index (χ2v) is 12.0. The van der Waals surface area contributed by atoms with E-state index >= 15 is 0 Å². The van der Waals surface area contributed by atoms with Crippen LogP contribution in [0.15, 0.2) is 27.9 Å². The number of aromatic amines is 1. The Kier molecular flexibility index (Phi) is 6.83. The third kappa shape index (κ3) is 4.77. The van der Waals surface area contributed by atoms with Crippen LogP contribution in [0.4, 0.5) is 5.69 Å². The van der Waals surface area contributed by atoms with Crippen molar-refractivity contribution in [3.8, 4) is 0 Å². The molecule has 0 radical (unpaired) electrons. The van der Waals surface area contributed by atoms with Crippen LogP contribution < -0.4 is 5.56 Å². The molecular weight excluding hydrogens is 522 g/mol. The molecule has 196 valence electrons. The average molecular weight is 548 g/mol. The van der Waals surface area contributed by atoms with E-state index in [4.69, 9.17) is 4.98 Å². The molecule has 14 heteroatoms. The molecule has 0 atom stereocenters. The number of aromatic nitrogens is 2. The number of nitrogens with one attached hydrogen (secondary N) is 1. The largest absolute Gasteiger partial charge is 0.465 e. The van der Waals surface area contributed by atoms with E-state index in [9.17, 15) is 28.1 Å². The number of nitrogens with zero attached hydrogens (tertiary/aromatic N) is 4. The number of benzene rings is 1. The van der Waals surface area contributed by atoms with E-state index in [1.165, 1.54) is 9.18 Å². The minimum absolute atomic E-state index is 0.130. The lowest BCUT2D eigenvalue weighted by atomic mass is 9.97. The van der Waals surface area contributed by atoms with Crippen LogP contribution in [0, 0.1) is 10.1 Å². The number of H-pyrrole nitrogens is 1. The van der Waals surface area contributed by atoms with Crippen LogP contribution in [-0.4, -0.2) is 71.8 Å². The van der Waals surface area contributed by atoms with Gasteiger partial charge in [-0.3, -0.25) is 19.8 Å². The Labute approximate surface area is 216 Å². The van der Waals surface area contributed by atoms with Crippen molar-refractivity contribution in [3.05, 3.63) is 60.5 Å². The summed E-state index contributed by atoms with van der Waals surface area (Å²) in [4.78, 5) is 46.7. The number of nitro benzene ring substituents is 1. The highest BCUT2D eigenvalue weighted by Crippen LogP contribution is 2.33. The first-order chi connectivity index (χ1) is 17.7. The zero-order chi connectivity index (χ0) is 26.3. The molecule has 1 aromatic carbocycles. The molecule has 1 N–H and O–H groups in total. The van der Waals surface area contributed by atoms with Gasteiger partial charge in [-0.15, -0.1) is 11.3 Å². The van der Waals surface area contributed by atoms with Gasteiger partial charge in [0.2, 0.25) is 10.0 Å². The summed E-state index contributed by atoms with van der Waals surface area (Å²) in [6, 6.07) is 3.03. The topological polar surface area (TPSA) is 156 Å². The molecule has 3 aromatic rings. The van der Waals surface area contributed by atoms with Crippen molar-refractivity contribution in [2.24, 2.45) is 0 Å². The number of rotatable bonds is 6. The van der Waals surface area contributed by atoms with Crippen molar-refractivity contribution in [2.75, 3.05) is 33.3 Å². The molecule has 0 saturated carbocycles. The van der Waals surface area contributed by atoms with E-state index in [0.29, 0.717) is 30.8 Å². The van der Waals surface area contributed by atoms with E-state index in [1.807, 2.05) is 4.90 Å². The first-order valence-corrected chi connectivity index (χ1v) is 14.1. The molecule has 0 unspecified atom stereocenters. The third-order valence-corrected chi connectivity index (χ3v) is 9.92. The minimum Gasteiger partial charge on any atom is -0.465 e. The fourth-order valence-corrected chi connectivity index (χ4v) is 7.75. The van der Waals surface area contributed by atoms with E-state index in [1.54, 1.807) is 11.3 Å². The lowest BCUT2D eigenvalue weighted by molar-refractivity contribution is -0.384. The number of hydrogen-bond acceptors (Lipinski definition) is 10. The van der Waals surface area contributed by atoms with Gasteiger partial charge in [-0.05, 0) is 37.3 Å². The monoisotopic (exact) mass is 547 g/mol. The van der Waals surface area contributed by atoms with Crippen molar-refractivity contribution in [1.29, 1.82) is 0 Å². The van der Waals surface area contributed by atoms with Crippen LogP contribution in [0.5, 0.6) is 0 Å². The molecule has 1 aliphatic carbocycles. The summed E-state index contributed by atoms with van der Waals surface area (Å²) in [5.41, 5.74) is 0.208. The number of thiophene rings is 1. The van der Waals surface area contributed by atoms with Gasteiger partial charge in [-0.2, -0.15) is 4.31 Å². The quantitative estimate of drug-likeness (QED) is 0.277. The number of methoxy groups -OCH3 is 1. The Morgan fingerprint density at radius 1 is 1.22 bits per heavy atom. The van der Waals surface area contributed by atoms with Crippen molar-refractivity contribution >= 4 is 43.2 Å². The molecule has 1 fully saturated rings. The van der Waals surface area contributed by atoms with Gasteiger partial charge in [0, 0.05) is 43.2 Å². The van der Waals surface area contributed by atoms with E-state index in [0.717, 1.165) is 61.4 Å². The van der Waals surface area contributed by atoms with Crippen molar-refractivity contribution in [1.82, 2.24) is 19.2 Å². The maximum absolute atomic E-state index is 13.3. The van der Waals surface area contributed by atoms with Crippen LogP contribution in [0.25, 0.3) is 10.2 Å². The number of ether oxygens (including phenoxy) is 1. The van der Waals surface area contributed by atoms with E-state index in [2.05, 4.69) is 9.72 Å². The predicted octanol–water partition coefficient (Wildman–Crippen LogP) is 2.06. The molecule has 2 aromatic heterocycles. The van der Waals surface area contributed by atoms with Gasteiger partial charge >= 0.3 is 5.97 Å². The minimum atomic E-state index is -4.11. The van der Waals surface area contributed by atoms with Crippen molar-refractivity contribution < 1.29 is 22.9 Å². The Bertz CT molecular complexity index is 1560. The number of piperazine rings is 1. The van der Waals surface area contributed by atoms with Gasteiger partial charge in [0.25, 0.3) is 11.2 Å². The molecule has 2 aliphatic rings. The highest BCUT2D eigenvalue weighted by molar-refractivity contribution is 7.89. The summed E-state index contributed by atoms with van der Waals surface area (Å²) in [6.45, 7) is 1.40. The van der Waals surface area contributed by atoms with Crippen LogP contribution in [0.3, 0.4) is 0 Å². The first kappa shape index (κ1) is 25.4. The fourth-order valence-electron chi connectivity index (χ4n) is 4.89. The molecular formula is C23H25N5O7S2. The number of fused-ring (bicyclic) bond motifs is 3. The standard InChI is InChI=1S/C23H25N5O7S2/c1-35-23(30)16-12-14(28(31)32)6-7-18(16)37(33,34)27-10-8-26(9-11-27)13-19-24-21(29)20-15-4-2-3-5-17(15)36-22(20)25-19/h6-7,12H,2-5,8-11,13H2,1H3,(H,24,25,29). The highest BCUT2D eigenvalue weighted by Gasteiger charge is 2.33. The summed E-state index contributed by atoms with van der Waals surface area (Å²) in [7, 11) is -3.03. The molecule has 37 heavy (non-hydrogen) atoms. The third-order valence-electron chi connectivity index (χ3n) is 6.78. The lowest BCUT2D eigenvalue weighted by Gasteiger charge is -2.33. The van der Waals surface area contributed by atoms with Gasteiger partial charge in [0.05, 0.1) is 34.4 Å². The predicted molar refractivity (Wildman–Crippen MR) is 135 cm³/mol. The molecule has 1 aliphatic heterocycles. The Balaban J connectivity index is 1.32. The molecule has 5 rings (SSSR count). The zero-order valence-corrected chi connectivity index (χ0v) is 21.7. The molecule has 3 heterocycles. The fraction of sp³-hybridized carbons (Fsp3) is 0.435. The number of carbonyl (C=O) groups is 1. The molecule has 12 nitrogen and oxygen atoms in total. The SMILES string of the molecule is COC(=O)c1cc([N+](=O)[O-])ccc1S(=O)(=O)N1CCN(Cc2nc3sc4c(c3c(=O)[nH]2)CCCC4)CC1. The van der Waals surface area contributed by atoms with Gasteiger partial charge in [-0.1, -0.05) is 0 Å². The van der Waals surface area contributed by atoms with Crippen LogP contribution in [0.2, 0.25) is 0 Å². The van der Waals surface area contributed by atoms with E-state index in [-0.39, 0.29) is 29.1 Å². The number of esters is 1. The number of hydrogen-bond donors (Lipinski definition) is 1. The highest BCUT2D eigenvalue weighted by atomic mass is 32.2. The summed E-state index contributed by atoms with van der Waals surface area (Å²) in [5.74, 6) is -0.433. The van der Waals surface area contributed by atoms with Crippen molar-refractivity contribution in [2.45, 2.75) is 37.1 Å². The number of aryl methyl sites for hydroxylation is 2. The lowest BCUT2D eigenvalue weighted by Crippen LogP contribution is -2.48. The molecule has 0 bridgehead atoms. The second-order valence-electron chi connectivity index (χ2n) is 9.01. The second kappa shape index (κ2) is 9.93. The summed E-state index contributed by atoms with van der Waals surface area (Å²) < 4.78 is 32.6. The Morgan fingerprint density at radius 2 is 1.95 bits per heavy atom. The molecule has 0 spiro atoms. The Morgan fingerprint density at radius 3 is 2.65 bits per heavy atom. The zero-order valence-electron chi connectivity index (χ0n) is 20.1. The maximum atomic E-state index is 13.3. The van der Waals surface area contributed by atoms with Gasteiger partial charge in [0.1, 0.15) is 10.7 Å². The molecule has 0 amide bonds.